The average Bonchev–Trinajstić information content (AvgIpc) is 3.31. The summed E-state index contributed by atoms with van der Waals surface area (Å²) in [6.07, 6.45) is 19.9. The normalized spacial score (nSPS) is 26.0. The lowest BCUT2D eigenvalue weighted by atomic mass is 9.98. The lowest BCUT2D eigenvalue weighted by molar-refractivity contribution is -0.332. The van der Waals surface area contributed by atoms with Gasteiger partial charge in [0, 0.05) is 12.8 Å². The van der Waals surface area contributed by atoms with Crippen molar-refractivity contribution in [3.05, 3.63) is 30.0 Å². The third-order valence-electron chi connectivity index (χ3n) is 12.2. The first-order valence-corrected chi connectivity index (χ1v) is 25.7. The van der Waals surface area contributed by atoms with Gasteiger partial charge in [-0.15, -0.1) is 5.73 Å². The van der Waals surface area contributed by atoms with Crippen LogP contribution in [0.1, 0.15) is 187 Å². The Bertz CT molecular complexity index is 1310. The van der Waals surface area contributed by atoms with E-state index in [1.54, 1.807) is 0 Å². The minimum Gasteiger partial charge on any atom is -0.462 e. The van der Waals surface area contributed by atoms with Gasteiger partial charge >= 0.3 is 11.9 Å². The van der Waals surface area contributed by atoms with Crippen molar-refractivity contribution < 1.29 is 73.8 Å². The number of carbonyl (C=O) groups is 2. The summed E-state index contributed by atoms with van der Waals surface area (Å²) in [7, 11) is 0. The fourth-order valence-electron chi connectivity index (χ4n) is 7.89. The van der Waals surface area contributed by atoms with E-state index >= 15 is 0 Å². The highest BCUT2D eigenvalue weighted by atomic mass is 16.7. The summed E-state index contributed by atoms with van der Waals surface area (Å²) in [5.74, 6) is -0.962. The summed E-state index contributed by atoms with van der Waals surface area (Å²) >= 11 is 0. The molecule has 2 rings (SSSR count). The van der Waals surface area contributed by atoms with Gasteiger partial charge in [0.15, 0.2) is 18.7 Å². The van der Waals surface area contributed by atoms with Gasteiger partial charge in [-0.1, -0.05) is 122 Å². The lowest BCUT2D eigenvalue weighted by Gasteiger charge is -2.42. The van der Waals surface area contributed by atoms with E-state index in [1.807, 2.05) is 0 Å². The van der Waals surface area contributed by atoms with Crippen LogP contribution >= 0.6 is 0 Å². The summed E-state index contributed by atoms with van der Waals surface area (Å²) < 4.78 is 33.5. The van der Waals surface area contributed by atoms with Crippen LogP contribution in [0.5, 0.6) is 0 Å². The van der Waals surface area contributed by atoms with Crippen LogP contribution in [0.25, 0.3) is 0 Å². The van der Waals surface area contributed by atoms with Gasteiger partial charge in [0.25, 0.3) is 0 Å². The van der Waals surface area contributed by atoms with Crippen molar-refractivity contribution in [3.8, 4) is 0 Å². The van der Waals surface area contributed by atoms with Crippen LogP contribution in [0.4, 0.5) is 0 Å². The van der Waals surface area contributed by atoms with E-state index in [1.165, 1.54) is 83.5 Å². The Morgan fingerprint density at radius 3 is 1.50 bits per heavy atom. The highest BCUT2D eigenvalue weighted by Gasteiger charge is 2.47. The fraction of sp³-hybridized carbons (Fsp3) is 0.863. The highest BCUT2D eigenvalue weighted by molar-refractivity contribution is 5.70. The molecule has 2 heterocycles. The monoisotopic (exact) mass is 943 g/mol. The van der Waals surface area contributed by atoms with Crippen molar-refractivity contribution in [1.82, 2.24) is 0 Å². The van der Waals surface area contributed by atoms with Crippen molar-refractivity contribution in [2.75, 3.05) is 26.4 Å². The van der Waals surface area contributed by atoms with Crippen LogP contribution in [-0.2, 0) is 38.0 Å². The minimum atomic E-state index is -1.77. The second-order valence-corrected chi connectivity index (χ2v) is 18.1. The topological polar surface area (TPSA) is 231 Å². The molecule has 0 aromatic heterocycles. The number of esters is 2. The second kappa shape index (κ2) is 38.6. The summed E-state index contributed by atoms with van der Waals surface area (Å²) in [5, 5.41) is 72.0. The zero-order chi connectivity index (χ0) is 48.2. The van der Waals surface area contributed by atoms with Gasteiger partial charge in [0.05, 0.1) is 19.8 Å². The molecule has 7 N–H and O–H groups in total. The van der Waals surface area contributed by atoms with E-state index in [-0.39, 0.29) is 19.4 Å². The number of hydrogen-bond donors (Lipinski definition) is 7. The smallest absolute Gasteiger partial charge is 0.306 e. The zero-order valence-corrected chi connectivity index (χ0v) is 40.5. The lowest BCUT2D eigenvalue weighted by Crippen LogP contribution is -2.61. The molecule has 0 bridgehead atoms. The van der Waals surface area contributed by atoms with Gasteiger partial charge in [0.1, 0.15) is 55.4 Å². The SMILES string of the molecule is CCCCCCCC=C=CCCCCCCCC(=O)OC[C@H](CO[C@@H]1O[C@H](CO[C@@H]2O[C@H](CO)[C@H](O)C(O)C2O)[C@H](O)C(O)C1O)OC(=O)CCCCC/C=C/CCCCCCCCCC. The third-order valence-corrected chi connectivity index (χ3v) is 12.2. The molecule has 15 nitrogen and oxygen atoms in total. The second-order valence-electron chi connectivity index (χ2n) is 18.1. The van der Waals surface area contributed by atoms with Gasteiger partial charge in [-0.05, 0) is 76.4 Å². The van der Waals surface area contributed by atoms with Crippen LogP contribution < -0.4 is 0 Å². The number of unbranched alkanes of at least 4 members (excludes halogenated alkanes) is 21. The molecule has 0 amide bonds. The molecule has 11 atom stereocenters. The van der Waals surface area contributed by atoms with Crippen LogP contribution in [0.2, 0.25) is 0 Å². The van der Waals surface area contributed by atoms with Crippen molar-refractivity contribution in [1.29, 1.82) is 0 Å². The molecule has 2 fully saturated rings. The average molecular weight is 943 g/mol. The van der Waals surface area contributed by atoms with Gasteiger partial charge in [0.2, 0.25) is 0 Å². The van der Waals surface area contributed by atoms with Crippen molar-refractivity contribution in [2.24, 2.45) is 0 Å². The molecule has 2 saturated heterocycles. The molecule has 4 unspecified atom stereocenters. The Kier molecular flexibility index (Phi) is 35.0. The molecule has 0 saturated carbocycles. The Balaban J connectivity index is 1.83. The number of aliphatic hydroxyl groups excluding tert-OH is 7. The van der Waals surface area contributed by atoms with Gasteiger partial charge < -0.3 is 64.2 Å². The number of hydrogen-bond acceptors (Lipinski definition) is 15. The zero-order valence-electron chi connectivity index (χ0n) is 40.5. The first-order valence-electron chi connectivity index (χ1n) is 25.7. The molecule has 66 heavy (non-hydrogen) atoms. The van der Waals surface area contributed by atoms with E-state index in [4.69, 9.17) is 28.4 Å². The quantitative estimate of drug-likeness (QED) is 0.0144. The Hall–Kier alpha value is -2.24. The predicted octanol–water partition coefficient (Wildman–Crippen LogP) is 6.92. The number of rotatable bonds is 39. The van der Waals surface area contributed by atoms with Gasteiger partial charge in [-0.25, -0.2) is 0 Å². The Morgan fingerprint density at radius 2 is 0.955 bits per heavy atom. The summed E-state index contributed by atoms with van der Waals surface area (Å²) in [6, 6.07) is 0. The summed E-state index contributed by atoms with van der Waals surface area (Å²) in [6.45, 7) is 2.54. The number of aliphatic hydroxyl groups is 7. The summed E-state index contributed by atoms with van der Waals surface area (Å²) in [5.41, 5.74) is 3.29. The van der Waals surface area contributed by atoms with Crippen LogP contribution in [0.3, 0.4) is 0 Å². The van der Waals surface area contributed by atoms with Crippen molar-refractivity contribution in [2.45, 2.75) is 255 Å². The molecule has 0 aromatic rings. The van der Waals surface area contributed by atoms with Crippen molar-refractivity contribution >= 4 is 11.9 Å². The maximum Gasteiger partial charge on any atom is 0.306 e. The first-order chi connectivity index (χ1) is 32.0. The van der Waals surface area contributed by atoms with Crippen LogP contribution in [0, 0.1) is 0 Å². The number of carbonyl (C=O) groups excluding carboxylic acids is 2. The predicted molar refractivity (Wildman–Crippen MR) is 251 cm³/mol. The van der Waals surface area contributed by atoms with E-state index in [0.29, 0.717) is 12.8 Å². The fourth-order valence-corrected chi connectivity index (χ4v) is 7.89. The van der Waals surface area contributed by atoms with E-state index in [9.17, 15) is 45.3 Å². The number of ether oxygens (including phenoxy) is 6. The maximum absolute atomic E-state index is 13.0. The highest BCUT2D eigenvalue weighted by Crippen LogP contribution is 2.26. The van der Waals surface area contributed by atoms with E-state index in [0.717, 1.165) is 64.2 Å². The molecule has 384 valence electrons. The van der Waals surface area contributed by atoms with E-state index in [2.05, 4.69) is 43.9 Å². The standard InChI is InChI=1S/C51H90O15/c1-3-5-7-9-11-13-15-17-19-21-23-25-27-29-31-33-42(53)61-36-39(64-43(54)34-32-30-28-26-24-22-20-18-16-14-12-10-8-6-4-2)37-62-50-49(60)47(58)45(56)41(66-50)38-63-51-48(59)46(57)44(55)40(35-52)65-51/h15,19,22,24,39-41,44-52,55-60H,3-14,16,18,20-21,23,25-38H2,1-2H3/b24-22+/t17?,39-,40-,41-,44+,45+,46?,47?,48?,49?,50-,51-/m1/s1. The van der Waals surface area contributed by atoms with Gasteiger partial charge in [-0.2, -0.15) is 0 Å². The summed E-state index contributed by atoms with van der Waals surface area (Å²) in [4.78, 5) is 25.7. The number of allylic oxidation sites excluding steroid dienone is 3. The molecule has 0 aliphatic carbocycles. The Labute approximate surface area is 395 Å². The van der Waals surface area contributed by atoms with Gasteiger partial charge in [-0.3, -0.25) is 9.59 Å². The van der Waals surface area contributed by atoms with Crippen LogP contribution in [0.15, 0.2) is 30.0 Å². The molecule has 2 aliphatic heterocycles. The van der Waals surface area contributed by atoms with E-state index < -0.39 is 99.3 Å². The molecule has 0 radical (unpaired) electrons. The molecule has 0 spiro atoms. The molecular weight excluding hydrogens is 853 g/mol. The first kappa shape index (κ1) is 59.9. The minimum absolute atomic E-state index is 0.141. The third kappa shape index (κ3) is 26.5. The van der Waals surface area contributed by atoms with Crippen molar-refractivity contribution in [3.63, 3.8) is 0 Å². The maximum atomic E-state index is 13.0. The molecule has 15 heteroatoms. The van der Waals surface area contributed by atoms with Crippen LogP contribution in [-0.4, -0.2) is 142 Å². The molecular formula is C51H90O15. The largest absolute Gasteiger partial charge is 0.462 e. The molecule has 2 aliphatic rings. The molecule has 0 aromatic carbocycles. The Morgan fingerprint density at radius 1 is 0.515 bits per heavy atom.